The number of carboxylic acid groups (broad SMARTS) is 1. The second-order valence-electron chi connectivity index (χ2n) is 5.34. The van der Waals surface area contributed by atoms with Gasteiger partial charge in [0.1, 0.15) is 0 Å². The van der Waals surface area contributed by atoms with E-state index in [4.69, 9.17) is 9.84 Å². The van der Waals surface area contributed by atoms with Crippen LogP contribution in [0, 0.1) is 16.7 Å². The molecular weight excluding hydrogens is 182 g/mol. The van der Waals surface area contributed by atoms with E-state index in [1.807, 2.05) is 0 Å². The van der Waals surface area contributed by atoms with Crippen LogP contribution < -0.4 is 5.32 Å². The van der Waals surface area contributed by atoms with Crippen molar-refractivity contribution in [1.82, 2.24) is 5.32 Å². The second-order valence-corrected chi connectivity index (χ2v) is 5.34. The summed E-state index contributed by atoms with van der Waals surface area (Å²) in [4.78, 5) is 10.6. The predicted octanol–water partition coefficient (Wildman–Crippen LogP) is 1.32. The molecule has 0 spiro atoms. The Hall–Kier alpha value is -0.770. The van der Waals surface area contributed by atoms with Gasteiger partial charge in [-0.25, -0.2) is 4.79 Å². The molecule has 1 aliphatic heterocycles. The van der Waals surface area contributed by atoms with Crippen LogP contribution in [0.2, 0.25) is 0 Å². The minimum absolute atomic E-state index is 0.0331. The Morgan fingerprint density at radius 1 is 1.57 bits per heavy atom. The van der Waals surface area contributed by atoms with Gasteiger partial charge in [0.05, 0.1) is 13.2 Å². The van der Waals surface area contributed by atoms with Gasteiger partial charge in [0.25, 0.3) is 0 Å². The number of ether oxygens (including phenoxy) is 1. The van der Waals surface area contributed by atoms with Gasteiger partial charge in [-0.05, 0) is 5.41 Å². The molecule has 2 rings (SSSR count). The van der Waals surface area contributed by atoms with Crippen molar-refractivity contribution in [2.75, 3.05) is 13.2 Å². The summed E-state index contributed by atoms with van der Waals surface area (Å²) >= 11 is 0. The molecule has 1 amide bonds. The summed E-state index contributed by atoms with van der Waals surface area (Å²) in [6, 6.07) is 0.0914. The maximum atomic E-state index is 10.6. The van der Waals surface area contributed by atoms with Crippen molar-refractivity contribution in [3.05, 3.63) is 0 Å². The molecule has 2 aliphatic rings. The lowest BCUT2D eigenvalue weighted by Crippen LogP contribution is -2.37. The fraction of sp³-hybridized carbons (Fsp3) is 0.900. The van der Waals surface area contributed by atoms with Crippen molar-refractivity contribution < 1.29 is 14.6 Å². The molecule has 4 heteroatoms. The Morgan fingerprint density at radius 3 is 2.64 bits per heavy atom. The first-order valence-corrected chi connectivity index (χ1v) is 4.97. The first-order chi connectivity index (χ1) is 6.39. The molecular formula is C10H17NO3. The number of amides is 1. The highest BCUT2D eigenvalue weighted by atomic mass is 16.5. The highest BCUT2D eigenvalue weighted by Gasteiger charge is 2.73. The van der Waals surface area contributed by atoms with E-state index >= 15 is 0 Å². The number of hydrogen-bond acceptors (Lipinski definition) is 2. The third-order valence-electron chi connectivity index (χ3n) is 3.82. The molecule has 0 aromatic rings. The van der Waals surface area contributed by atoms with Crippen molar-refractivity contribution in [1.29, 1.82) is 0 Å². The van der Waals surface area contributed by atoms with Crippen LogP contribution in [-0.2, 0) is 4.74 Å². The van der Waals surface area contributed by atoms with Gasteiger partial charge in [-0.2, -0.15) is 0 Å². The molecule has 3 unspecified atom stereocenters. The number of hydrogen-bond donors (Lipinski definition) is 2. The van der Waals surface area contributed by atoms with E-state index in [-0.39, 0.29) is 16.9 Å². The molecule has 4 nitrogen and oxygen atoms in total. The largest absolute Gasteiger partial charge is 0.465 e. The van der Waals surface area contributed by atoms with Crippen molar-refractivity contribution >= 4 is 6.09 Å². The van der Waals surface area contributed by atoms with Crippen LogP contribution >= 0.6 is 0 Å². The van der Waals surface area contributed by atoms with Gasteiger partial charge in [0.15, 0.2) is 0 Å². The summed E-state index contributed by atoms with van der Waals surface area (Å²) in [7, 11) is 0. The molecule has 0 radical (unpaired) electrons. The maximum Gasteiger partial charge on any atom is 0.404 e. The topological polar surface area (TPSA) is 58.6 Å². The lowest BCUT2D eigenvalue weighted by Gasteiger charge is -2.30. The molecule has 80 valence electrons. The van der Waals surface area contributed by atoms with E-state index in [1.54, 1.807) is 0 Å². The number of nitrogens with one attached hydrogen (secondary N) is 1. The molecule has 2 N–H and O–H groups in total. The molecule has 1 heterocycles. The maximum absolute atomic E-state index is 10.6. The molecule has 0 aromatic heterocycles. The highest BCUT2D eigenvalue weighted by Crippen LogP contribution is 2.66. The Balaban J connectivity index is 2.15. The third kappa shape index (κ3) is 1.06. The van der Waals surface area contributed by atoms with Gasteiger partial charge in [-0.15, -0.1) is 0 Å². The Morgan fingerprint density at radius 2 is 2.21 bits per heavy atom. The summed E-state index contributed by atoms with van der Waals surface area (Å²) in [6.07, 6.45) is -0.923. The predicted molar refractivity (Wildman–Crippen MR) is 51.1 cm³/mol. The number of rotatable bonds is 1. The second kappa shape index (κ2) is 2.63. The summed E-state index contributed by atoms with van der Waals surface area (Å²) in [5.41, 5.74) is 0.132. The summed E-state index contributed by atoms with van der Waals surface area (Å²) in [6.45, 7) is 7.84. The fourth-order valence-electron chi connectivity index (χ4n) is 2.92. The minimum atomic E-state index is -0.923. The molecule has 14 heavy (non-hydrogen) atoms. The molecule has 2 fully saturated rings. The summed E-state index contributed by atoms with van der Waals surface area (Å²) in [5, 5.41) is 11.3. The number of fused-ring (bicyclic) bond motifs is 1. The van der Waals surface area contributed by atoms with E-state index < -0.39 is 6.09 Å². The van der Waals surface area contributed by atoms with E-state index in [1.165, 1.54) is 0 Å². The van der Waals surface area contributed by atoms with Crippen LogP contribution in [0.3, 0.4) is 0 Å². The quantitative estimate of drug-likeness (QED) is 0.669. The molecule has 1 aliphatic carbocycles. The molecule has 0 aromatic carbocycles. The zero-order valence-electron chi connectivity index (χ0n) is 8.83. The van der Waals surface area contributed by atoms with Crippen LogP contribution in [0.1, 0.15) is 20.8 Å². The van der Waals surface area contributed by atoms with Gasteiger partial charge in [0.2, 0.25) is 0 Å². The third-order valence-corrected chi connectivity index (χ3v) is 3.82. The van der Waals surface area contributed by atoms with Gasteiger partial charge >= 0.3 is 6.09 Å². The Labute approximate surface area is 83.6 Å². The first kappa shape index (κ1) is 9.77. The van der Waals surface area contributed by atoms with E-state index in [9.17, 15) is 4.79 Å². The molecule has 1 saturated carbocycles. The van der Waals surface area contributed by atoms with Gasteiger partial charge in [0, 0.05) is 17.4 Å². The highest BCUT2D eigenvalue weighted by molar-refractivity contribution is 5.66. The average Bonchev–Trinajstić information content (AvgIpc) is 2.48. The first-order valence-electron chi connectivity index (χ1n) is 4.97. The smallest absolute Gasteiger partial charge is 0.404 e. The lowest BCUT2D eigenvalue weighted by molar-refractivity contribution is 0.0873. The molecule has 3 atom stereocenters. The Kier molecular flexibility index (Phi) is 1.83. The molecule has 1 saturated heterocycles. The normalized spacial score (nSPS) is 40.5. The minimum Gasteiger partial charge on any atom is -0.465 e. The van der Waals surface area contributed by atoms with Crippen molar-refractivity contribution in [2.24, 2.45) is 16.7 Å². The van der Waals surface area contributed by atoms with Gasteiger partial charge in [-0.1, -0.05) is 20.8 Å². The standard InChI is InChI=1S/C10H17NO3/c1-9(2,3)10-5-14-4-6(10)7(10)11-8(12)13/h6-7,11H,4-5H2,1-3H3,(H,12,13). The van der Waals surface area contributed by atoms with Gasteiger partial charge < -0.3 is 15.2 Å². The monoisotopic (exact) mass is 199 g/mol. The zero-order chi connectivity index (χ0) is 10.6. The van der Waals surface area contributed by atoms with Crippen LogP contribution in [-0.4, -0.2) is 30.5 Å². The van der Waals surface area contributed by atoms with E-state index in [2.05, 4.69) is 26.1 Å². The van der Waals surface area contributed by atoms with Crippen LogP contribution in [0.15, 0.2) is 0 Å². The Bertz CT molecular complexity index is 271. The van der Waals surface area contributed by atoms with Gasteiger partial charge in [-0.3, -0.25) is 0 Å². The van der Waals surface area contributed by atoms with Crippen molar-refractivity contribution in [2.45, 2.75) is 26.8 Å². The van der Waals surface area contributed by atoms with Crippen LogP contribution in [0.4, 0.5) is 4.79 Å². The zero-order valence-corrected chi connectivity index (χ0v) is 8.83. The number of carbonyl (C=O) groups is 1. The van der Waals surface area contributed by atoms with Crippen molar-refractivity contribution in [3.8, 4) is 0 Å². The molecule has 0 bridgehead atoms. The van der Waals surface area contributed by atoms with E-state index in [0.717, 1.165) is 0 Å². The fourth-order valence-corrected chi connectivity index (χ4v) is 2.92. The van der Waals surface area contributed by atoms with Crippen LogP contribution in [0.25, 0.3) is 0 Å². The van der Waals surface area contributed by atoms with Crippen molar-refractivity contribution in [3.63, 3.8) is 0 Å². The van der Waals surface area contributed by atoms with E-state index in [0.29, 0.717) is 19.1 Å². The summed E-state index contributed by atoms with van der Waals surface area (Å²) in [5.74, 6) is 0.374. The lowest BCUT2D eigenvalue weighted by atomic mass is 9.76. The van der Waals surface area contributed by atoms with Crippen LogP contribution in [0.5, 0.6) is 0 Å². The SMILES string of the molecule is CC(C)(C)C12COCC1C2NC(=O)O. The average molecular weight is 199 g/mol. The summed E-state index contributed by atoms with van der Waals surface area (Å²) < 4.78 is 5.42.